The first-order valence-corrected chi connectivity index (χ1v) is 8.13. The van der Waals surface area contributed by atoms with Crippen LogP contribution in [0.15, 0.2) is 18.2 Å². The maximum atomic E-state index is 12.1. The molecule has 1 amide bonds. The maximum absolute atomic E-state index is 12.1. The van der Waals surface area contributed by atoms with E-state index in [-0.39, 0.29) is 11.9 Å². The zero-order valence-electron chi connectivity index (χ0n) is 14.6. The SMILES string of the molecule is COc1cc(CNC(=O)C2COCCN2)ccc1OCCN(C)C. The Bertz CT molecular complexity index is 531. The van der Waals surface area contributed by atoms with Gasteiger partial charge in [-0.25, -0.2) is 0 Å². The second-order valence-corrected chi connectivity index (χ2v) is 5.94. The highest BCUT2D eigenvalue weighted by Gasteiger charge is 2.20. The van der Waals surface area contributed by atoms with Crippen LogP contribution in [0.2, 0.25) is 0 Å². The number of nitrogens with one attached hydrogen (secondary N) is 2. The average molecular weight is 337 g/mol. The molecule has 7 heteroatoms. The summed E-state index contributed by atoms with van der Waals surface area (Å²) in [7, 11) is 5.61. The fraction of sp³-hybridized carbons (Fsp3) is 0.588. The second kappa shape index (κ2) is 9.46. The second-order valence-electron chi connectivity index (χ2n) is 5.94. The first-order chi connectivity index (χ1) is 11.6. The number of carbonyl (C=O) groups excluding carboxylic acids is 1. The molecule has 1 atom stereocenters. The largest absolute Gasteiger partial charge is 0.493 e. The van der Waals surface area contributed by atoms with Crippen LogP contribution in [0.25, 0.3) is 0 Å². The number of likely N-dealkylation sites (N-methyl/N-ethyl adjacent to an activating group) is 1. The molecule has 0 aliphatic carbocycles. The number of morpholine rings is 1. The third-order valence-electron chi connectivity index (χ3n) is 3.73. The topological polar surface area (TPSA) is 72.1 Å². The lowest BCUT2D eigenvalue weighted by Crippen LogP contribution is -2.51. The summed E-state index contributed by atoms with van der Waals surface area (Å²) in [6.07, 6.45) is 0. The van der Waals surface area contributed by atoms with Crippen molar-refractivity contribution in [1.82, 2.24) is 15.5 Å². The van der Waals surface area contributed by atoms with Crippen LogP contribution >= 0.6 is 0 Å². The first kappa shape index (κ1) is 18.5. The van der Waals surface area contributed by atoms with Gasteiger partial charge in [-0.3, -0.25) is 4.79 Å². The fourth-order valence-corrected chi connectivity index (χ4v) is 2.33. The highest BCUT2D eigenvalue weighted by molar-refractivity contribution is 5.82. The Hall–Kier alpha value is -1.83. The van der Waals surface area contributed by atoms with Crippen molar-refractivity contribution < 1.29 is 19.0 Å². The predicted molar refractivity (Wildman–Crippen MR) is 91.5 cm³/mol. The number of hydrogen-bond donors (Lipinski definition) is 2. The molecule has 2 N–H and O–H groups in total. The van der Waals surface area contributed by atoms with Crippen LogP contribution in [0.3, 0.4) is 0 Å². The van der Waals surface area contributed by atoms with Gasteiger partial charge in [0.25, 0.3) is 0 Å². The zero-order valence-corrected chi connectivity index (χ0v) is 14.6. The van der Waals surface area contributed by atoms with Crippen LogP contribution in [0, 0.1) is 0 Å². The molecule has 1 saturated heterocycles. The summed E-state index contributed by atoms with van der Waals surface area (Å²) in [4.78, 5) is 14.1. The van der Waals surface area contributed by atoms with E-state index in [0.717, 1.165) is 12.1 Å². The van der Waals surface area contributed by atoms with Gasteiger partial charge in [-0.1, -0.05) is 6.07 Å². The molecule has 0 radical (unpaired) electrons. The van der Waals surface area contributed by atoms with Gasteiger partial charge < -0.3 is 29.7 Å². The molecule has 1 aromatic carbocycles. The van der Waals surface area contributed by atoms with Gasteiger partial charge in [-0.2, -0.15) is 0 Å². The normalized spacial score (nSPS) is 17.6. The molecule has 24 heavy (non-hydrogen) atoms. The van der Waals surface area contributed by atoms with E-state index in [1.54, 1.807) is 7.11 Å². The van der Waals surface area contributed by atoms with Gasteiger partial charge in [-0.05, 0) is 31.8 Å². The lowest BCUT2D eigenvalue weighted by Gasteiger charge is -2.23. The maximum Gasteiger partial charge on any atom is 0.239 e. The highest BCUT2D eigenvalue weighted by atomic mass is 16.5. The molecule has 1 aliphatic heterocycles. The van der Waals surface area contributed by atoms with Gasteiger partial charge in [0, 0.05) is 19.6 Å². The van der Waals surface area contributed by atoms with Gasteiger partial charge in [0.15, 0.2) is 11.5 Å². The van der Waals surface area contributed by atoms with E-state index in [4.69, 9.17) is 14.2 Å². The minimum absolute atomic E-state index is 0.0556. The van der Waals surface area contributed by atoms with Gasteiger partial charge in [0.2, 0.25) is 5.91 Å². The number of amides is 1. The number of benzene rings is 1. The minimum Gasteiger partial charge on any atom is -0.493 e. The number of ether oxygens (including phenoxy) is 3. The summed E-state index contributed by atoms with van der Waals surface area (Å²) < 4.78 is 16.4. The predicted octanol–water partition coefficient (Wildman–Crippen LogP) is 0.240. The average Bonchev–Trinajstić information content (AvgIpc) is 2.60. The standard InChI is InChI=1S/C17H27N3O4/c1-20(2)7-9-24-15-5-4-13(10-16(15)22-3)11-19-17(21)14-12-23-8-6-18-14/h4-5,10,14,18H,6-9,11-12H2,1-3H3,(H,19,21). The summed E-state index contributed by atoms with van der Waals surface area (Å²) in [6.45, 7) is 3.62. The summed E-state index contributed by atoms with van der Waals surface area (Å²) in [6, 6.07) is 5.40. The number of methoxy groups -OCH3 is 1. The van der Waals surface area contributed by atoms with Crippen LogP contribution < -0.4 is 20.1 Å². The Balaban J connectivity index is 1.87. The highest BCUT2D eigenvalue weighted by Crippen LogP contribution is 2.28. The van der Waals surface area contributed by atoms with E-state index in [2.05, 4.69) is 15.5 Å². The van der Waals surface area contributed by atoms with Crippen molar-refractivity contribution in [2.45, 2.75) is 12.6 Å². The van der Waals surface area contributed by atoms with Crippen molar-refractivity contribution in [3.8, 4) is 11.5 Å². The number of rotatable bonds is 8. The van der Waals surface area contributed by atoms with Crippen molar-refractivity contribution in [3.05, 3.63) is 23.8 Å². The van der Waals surface area contributed by atoms with Crippen molar-refractivity contribution in [1.29, 1.82) is 0 Å². The summed E-state index contributed by atoms with van der Waals surface area (Å²) in [5.74, 6) is 1.32. The molecule has 7 nitrogen and oxygen atoms in total. The molecule has 1 aromatic rings. The van der Waals surface area contributed by atoms with Crippen molar-refractivity contribution in [3.63, 3.8) is 0 Å². The Morgan fingerprint density at radius 1 is 1.42 bits per heavy atom. The van der Waals surface area contributed by atoms with E-state index in [1.165, 1.54) is 0 Å². The van der Waals surface area contributed by atoms with Crippen LogP contribution in [0.5, 0.6) is 11.5 Å². The lowest BCUT2D eigenvalue weighted by atomic mass is 10.2. The zero-order chi connectivity index (χ0) is 17.4. The lowest BCUT2D eigenvalue weighted by molar-refractivity contribution is -0.126. The summed E-state index contributed by atoms with van der Waals surface area (Å²) in [5.41, 5.74) is 0.955. The molecule has 1 heterocycles. The minimum atomic E-state index is -0.283. The van der Waals surface area contributed by atoms with Crippen LogP contribution in [-0.4, -0.2) is 71.0 Å². The van der Waals surface area contributed by atoms with Gasteiger partial charge in [0.1, 0.15) is 12.6 Å². The quantitative estimate of drug-likeness (QED) is 0.708. The molecular formula is C17H27N3O4. The van der Waals surface area contributed by atoms with Crippen LogP contribution in [0.4, 0.5) is 0 Å². The van der Waals surface area contributed by atoms with E-state index >= 15 is 0 Å². The van der Waals surface area contributed by atoms with E-state index in [1.807, 2.05) is 32.3 Å². The molecule has 1 fully saturated rings. The Morgan fingerprint density at radius 2 is 2.25 bits per heavy atom. The molecule has 0 aromatic heterocycles. The van der Waals surface area contributed by atoms with Gasteiger partial charge >= 0.3 is 0 Å². The number of nitrogens with zero attached hydrogens (tertiary/aromatic N) is 1. The molecule has 0 bridgehead atoms. The molecule has 1 aliphatic rings. The number of carbonyl (C=O) groups is 1. The smallest absolute Gasteiger partial charge is 0.239 e. The Labute approximate surface area is 143 Å². The molecule has 0 spiro atoms. The third-order valence-corrected chi connectivity index (χ3v) is 3.73. The van der Waals surface area contributed by atoms with Gasteiger partial charge in [-0.15, -0.1) is 0 Å². The summed E-state index contributed by atoms with van der Waals surface area (Å²) >= 11 is 0. The van der Waals surface area contributed by atoms with Gasteiger partial charge in [0.05, 0.1) is 20.3 Å². The Morgan fingerprint density at radius 3 is 2.92 bits per heavy atom. The van der Waals surface area contributed by atoms with E-state index in [9.17, 15) is 4.79 Å². The number of hydrogen-bond acceptors (Lipinski definition) is 6. The molecule has 1 unspecified atom stereocenters. The fourth-order valence-electron chi connectivity index (χ4n) is 2.33. The van der Waals surface area contributed by atoms with Crippen LogP contribution in [0.1, 0.15) is 5.56 Å². The molecule has 2 rings (SSSR count). The summed E-state index contributed by atoms with van der Waals surface area (Å²) in [5, 5.41) is 6.05. The van der Waals surface area contributed by atoms with E-state index < -0.39 is 0 Å². The molecule has 0 saturated carbocycles. The van der Waals surface area contributed by atoms with E-state index in [0.29, 0.717) is 44.4 Å². The first-order valence-electron chi connectivity index (χ1n) is 8.13. The molecule has 134 valence electrons. The van der Waals surface area contributed by atoms with Crippen molar-refractivity contribution in [2.75, 3.05) is 54.1 Å². The third kappa shape index (κ3) is 5.67. The van der Waals surface area contributed by atoms with Crippen molar-refractivity contribution >= 4 is 5.91 Å². The van der Waals surface area contributed by atoms with Crippen LogP contribution in [-0.2, 0) is 16.1 Å². The monoisotopic (exact) mass is 337 g/mol. The molecular weight excluding hydrogens is 310 g/mol. The Kier molecular flexibility index (Phi) is 7.30. The van der Waals surface area contributed by atoms with Crippen molar-refractivity contribution in [2.24, 2.45) is 0 Å².